The van der Waals surface area contributed by atoms with E-state index in [0.717, 1.165) is 11.5 Å². The first-order valence-corrected chi connectivity index (χ1v) is 7.88. The van der Waals surface area contributed by atoms with Gasteiger partial charge in [-0.1, -0.05) is 20.8 Å². The van der Waals surface area contributed by atoms with Gasteiger partial charge < -0.3 is 9.73 Å². The molecule has 0 fully saturated rings. The van der Waals surface area contributed by atoms with Crippen molar-refractivity contribution in [3.63, 3.8) is 0 Å². The molecule has 0 radical (unpaired) electrons. The maximum atomic E-state index is 5.45. The predicted octanol–water partition coefficient (Wildman–Crippen LogP) is 4.75. The summed E-state index contributed by atoms with van der Waals surface area (Å²) in [4.78, 5) is 6.04. The number of hydrogen-bond donors (Lipinski definition) is 1. The zero-order valence-electron chi connectivity index (χ0n) is 13.2. The number of aromatic nitrogens is 1. The monoisotopic (exact) mass is 292 g/mol. The Balaban J connectivity index is 2.13. The third-order valence-electron chi connectivity index (χ3n) is 3.34. The van der Waals surface area contributed by atoms with Crippen LogP contribution in [0.4, 0.5) is 0 Å². The molecule has 0 amide bonds. The summed E-state index contributed by atoms with van der Waals surface area (Å²) in [7, 11) is 0. The molecule has 110 valence electrons. The van der Waals surface area contributed by atoms with Gasteiger partial charge in [-0.3, -0.25) is 0 Å². The Kier molecular flexibility index (Phi) is 4.35. The number of thiazole rings is 1. The van der Waals surface area contributed by atoms with Crippen molar-refractivity contribution in [3.8, 4) is 0 Å². The van der Waals surface area contributed by atoms with E-state index in [0.29, 0.717) is 0 Å². The van der Waals surface area contributed by atoms with Gasteiger partial charge in [-0.2, -0.15) is 0 Å². The molecule has 4 heteroatoms. The van der Waals surface area contributed by atoms with E-state index >= 15 is 0 Å². The van der Waals surface area contributed by atoms with Crippen LogP contribution in [0.1, 0.15) is 68.0 Å². The molecule has 20 heavy (non-hydrogen) atoms. The molecule has 0 aliphatic heterocycles. The third-order valence-corrected chi connectivity index (χ3v) is 5.10. The predicted molar refractivity (Wildman–Crippen MR) is 84.2 cm³/mol. The van der Waals surface area contributed by atoms with Crippen molar-refractivity contribution in [2.75, 3.05) is 0 Å². The molecule has 2 aromatic rings. The Morgan fingerprint density at radius 1 is 1.25 bits per heavy atom. The molecule has 0 saturated carbocycles. The highest BCUT2D eigenvalue weighted by molar-refractivity contribution is 7.12. The van der Waals surface area contributed by atoms with Crippen molar-refractivity contribution in [1.29, 1.82) is 0 Å². The van der Waals surface area contributed by atoms with E-state index in [9.17, 15) is 0 Å². The van der Waals surface area contributed by atoms with Gasteiger partial charge in [-0.15, -0.1) is 11.3 Å². The number of rotatable bonds is 4. The van der Waals surface area contributed by atoms with E-state index in [1.807, 2.05) is 23.5 Å². The van der Waals surface area contributed by atoms with Crippen molar-refractivity contribution < 1.29 is 4.42 Å². The fourth-order valence-electron chi connectivity index (χ4n) is 2.20. The third kappa shape index (κ3) is 3.30. The minimum atomic E-state index is 0.111. The quantitative estimate of drug-likeness (QED) is 0.883. The number of furan rings is 1. The Morgan fingerprint density at radius 3 is 2.45 bits per heavy atom. The van der Waals surface area contributed by atoms with Gasteiger partial charge in [-0.25, -0.2) is 4.98 Å². The molecule has 2 rings (SSSR count). The van der Waals surface area contributed by atoms with Crippen LogP contribution >= 0.6 is 11.3 Å². The Morgan fingerprint density at radius 2 is 1.95 bits per heavy atom. The van der Waals surface area contributed by atoms with Crippen LogP contribution in [0.3, 0.4) is 0 Å². The molecule has 0 saturated heterocycles. The largest absolute Gasteiger partial charge is 0.468 e. The summed E-state index contributed by atoms with van der Waals surface area (Å²) in [6.07, 6.45) is 1.72. The zero-order valence-corrected chi connectivity index (χ0v) is 14.0. The summed E-state index contributed by atoms with van der Waals surface area (Å²) in [6, 6.07) is 4.39. The zero-order chi connectivity index (χ0) is 14.9. The standard InChI is InChI=1S/C16H24N2OS/c1-10(13-8-7-9-19-13)17-11(2)14-12(3)18-15(20-14)16(4,5)6/h7-11,17H,1-6H3/t10-,11?/m0/s1. The van der Waals surface area contributed by atoms with Crippen LogP contribution in [0.5, 0.6) is 0 Å². The van der Waals surface area contributed by atoms with E-state index in [2.05, 4.69) is 46.9 Å². The molecule has 0 spiro atoms. The lowest BCUT2D eigenvalue weighted by atomic mass is 9.98. The Hall–Kier alpha value is -1.13. The van der Waals surface area contributed by atoms with Gasteiger partial charge in [0.15, 0.2) is 0 Å². The SMILES string of the molecule is Cc1nc(C(C)(C)C)sc1C(C)N[C@@H](C)c1ccco1. The summed E-state index contributed by atoms with van der Waals surface area (Å²) in [5.74, 6) is 0.968. The van der Waals surface area contributed by atoms with Gasteiger partial charge in [-0.05, 0) is 32.9 Å². The van der Waals surface area contributed by atoms with Crippen molar-refractivity contribution in [1.82, 2.24) is 10.3 Å². The lowest BCUT2D eigenvalue weighted by molar-refractivity contribution is 0.404. The summed E-state index contributed by atoms with van der Waals surface area (Å²) < 4.78 is 5.45. The first-order valence-electron chi connectivity index (χ1n) is 7.06. The maximum absolute atomic E-state index is 5.45. The number of nitrogens with one attached hydrogen (secondary N) is 1. The molecule has 2 aromatic heterocycles. The minimum absolute atomic E-state index is 0.111. The molecule has 0 aliphatic rings. The molecule has 0 bridgehead atoms. The van der Waals surface area contributed by atoms with Gasteiger partial charge in [0.2, 0.25) is 0 Å². The summed E-state index contributed by atoms with van der Waals surface area (Å²) in [5, 5.41) is 4.78. The van der Waals surface area contributed by atoms with E-state index in [1.165, 1.54) is 9.88 Å². The van der Waals surface area contributed by atoms with Gasteiger partial charge >= 0.3 is 0 Å². The molecule has 0 aliphatic carbocycles. The summed E-state index contributed by atoms with van der Waals surface area (Å²) >= 11 is 1.81. The first-order chi connectivity index (χ1) is 9.29. The molecule has 2 heterocycles. The van der Waals surface area contributed by atoms with E-state index in [4.69, 9.17) is 9.40 Å². The average molecular weight is 292 g/mol. The highest BCUT2D eigenvalue weighted by Crippen LogP contribution is 2.33. The minimum Gasteiger partial charge on any atom is -0.468 e. The lowest BCUT2D eigenvalue weighted by Crippen LogP contribution is -2.22. The van der Waals surface area contributed by atoms with Crippen LogP contribution in [0.2, 0.25) is 0 Å². The smallest absolute Gasteiger partial charge is 0.120 e. The number of aryl methyl sites for hydroxylation is 1. The second kappa shape index (κ2) is 5.70. The van der Waals surface area contributed by atoms with Gasteiger partial charge in [0, 0.05) is 16.3 Å². The average Bonchev–Trinajstić information content (AvgIpc) is 2.95. The van der Waals surface area contributed by atoms with Crippen LogP contribution in [-0.4, -0.2) is 4.98 Å². The summed E-state index contributed by atoms with van der Waals surface area (Å²) in [5.41, 5.74) is 1.24. The van der Waals surface area contributed by atoms with Gasteiger partial charge in [0.05, 0.1) is 23.0 Å². The Bertz CT molecular complexity index is 552. The van der Waals surface area contributed by atoms with Crippen LogP contribution in [0.25, 0.3) is 0 Å². The van der Waals surface area contributed by atoms with Crippen molar-refractivity contribution >= 4 is 11.3 Å². The topological polar surface area (TPSA) is 38.1 Å². The van der Waals surface area contributed by atoms with Crippen molar-refractivity contribution in [2.24, 2.45) is 0 Å². The highest BCUT2D eigenvalue weighted by Gasteiger charge is 2.23. The molecular weight excluding hydrogens is 268 g/mol. The summed E-state index contributed by atoms with van der Waals surface area (Å²) in [6.45, 7) is 13.0. The normalized spacial score (nSPS) is 15.3. The van der Waals surface area contributed by atoms with Crippen LogP contribution < -0.4 is 5.32 Å². The second-order valence-corrected chi connectivity index (χ2v) is 7.37. The number of hydrogen-bond acceptors (Lipinski definition) is 4. The highest BCUT2D eigenvalue weighted by atomic mass is 32.1. The maximum Gasteiger partial charge on any atom is 0.120 e. The van der Waals surface area contributed by atoms with Crippen LogP contribution in [0.15, 0.2) is 22.8 Å². The fourth-order valence-corrected chi connectivity index (χ4v) is 3.34. The first kappa shape index (κ1) is 15.3. The van der Waals surface area contributed by atoms with E-state index in [1.54, 1.807) is 6.26 Å². The van der Waals surface area contributed by atoms with E-state index < -0.39 is 0 Å². The van der Waals surface area contributed by atoms with Crippen LogP contribution in [0, 0.1) is 6.92 Å². The van der Waals surface area contributed by atoms with Gasteiger partial charge in [0.25, 0.3) is 0 Å². The second-order valence-electron chi connectivity index (χ2n) is 6.34. The van der Waals surface area contributed by atoms with Crippen molar-refractivity contribution in [2.45, 2.75) is 59.0 Å². The fraction of sp³-hybridized carbons (Fsp3) is 0.562. The number of nitrogens with zero attached hydrogens (tertiary/aromatic N) is 1. The van der Waals surface area contributed by atoms with Crippen molar-refractivity contribution in [3.05, 3.63) is 39.7 Å². The molecule has 2 atom stereocenters. The Labute approximate surface area is 125 Å². The van der Waals surface area contributed by atoms with E-state index in [-0.39, 0.29) is 17.5 Å². The van der Waals surface area contributed by atoms with Gasteiger partial charge in [0.1, 0.15) is 5.76 Å². The molecular formula is C16H24N2OS. The van der Waals surface area contributed by atoms with Crippen LogP contribution in [-0.2, 0) is 5.41 Å². The molecule has 3 nitrogen and oxygen atoms in total. The molecule has 1 N–H and O–H groups in total. The lowest BCUT2D eigenvalue weighted by Gasteiger charge is -2.18. The molecule has 0 aromatic carbocycles. The molecule has 1 unspecified atom stereocenters.